The van der Waals surface area contributed by atoms with E-state index in [0.717, 1.165) is 24.0 Å². The van der Waals surface area contributed by atoms with Gasteiger partial charge in [-0.25, -0.2) is 0 Å². The third-order valence-electron chi connectivity index (χ3n) is 2.78. The van der Waals surface area contributed by atoms with E-state index in [0.29, 0.717) is 12.1 Å². The molecule has 0 bridgehead atoms. The van der Waals surface area contributed by atoms with Crippen molar-refractivity contribution in [2.45, 2.75) is 6.42 Å². The highest BCUT2D eigenvalue weighted by Gasteiger charge is 2.23. The second-order valence-corrected chi connectivity index (χ2v) is 3.69. The first-order valence-electron chi connectivity index (χ1n) is 5.16. The predicted molar refractivity (Wildman–Crippen MR) is 58.7 cm³/mol. The lowest BCUT2D eigenvalue weighted by Crippen LogP contribution is -2.38. The van der Waals surface area contributed by atoms with Crippen molar-refractivity contribution in [1.29, 1.82) is 0 Å². The van der Waals surface area contributed by atoms with E-state index in [1.807, 2.05) is 6.07 Å². The number of aldehydes is 1. The number of benzene rings is 1. The van der Waals surface area contributed by atoms with Gasteiger partial charge in [0.25, 0.3) is 5.91 Å². The van der Waals surface area contributed by atoms with Crippen molar-refractivity contribution in [2.24, 2.45) is 0 Å². The molecule has 0 saturated carbocycles. The van der Waals surface area contributed by atoms with Crippen LogP contribution in [-0.4, -0.2) is 37.3 Å². The normalized spacial score (nSPS) is 14.6. The molecule has 0 N–H and O–H groups in total. The molecule has 1 aromatic rings. The lowest BCUT2D eigenvalue weighted by Gasteiger charge is -2.26. The molecule has 2 rings (SSSR count). The van der Waals surface area contributed by atoms with Crippen LogP contribution in [-0.2, 0) is 11.2 Å². The highest BCUT2D eigenvalue weighted by Crippen LogP contribution is 2.23. The van der Waals surface area contributed by atoms with Crippen LogP contribution in [0.1, 0.15) is 15.9 Å². The van der Waals surface area contributed by atoms with Crippen LogP contribution >= 0.6 is 0 Å². The molecular formula is C12H13NO3. The summed E-state index contributed by atoms with van der Waals surface area (Å²) in [5, 5.41) is 0. The van der Waals surface area contributed by atoms with Gasteiger partial charge in [-0.05, 0) is 30.2 Å². The Hall–Kier alpha value is -1.84. The zero-order valence-corrected chi connectivity index (χ0v) is 9.10. The highest BCUT2D eigenvalue weighted by atomic mass is 16.5. The fourth-order valence-corrected chi connectivity index (χ4v) is 1.90. The molecule has 84 valence electrons. The van der Waals surface area contributed by atoms with Gasteiger partial charge in [0.15, 0.2) is 0 Å². The van der Waals surface area contributed by atoms with Gasteiger partial charge in [-0.3, -0.25) is 4.79 Å². The summed E-state index contributed by atoms with van der Waals surface area (Å²) < 4.78 is 5.11. The molecule has 0 spiro atoms. The first-order valence-corrected chi connectivity index (χ1v) is 5.16. The fraction of sp³-hybridized carbons (Fsp3) is 0.333. The Morgan fingerprint density at radius 2 is 2.31 bits per heavy atom. The zero-order chi connectivity index (χ0) is 11.5. The third-order valence-corrected chi connectivity index (χ3v) is 2.78. The molecule has 1 heterocycles. The van der Waals surface area contributed by atoms with Gasteiger partial charge < -0.3 is 14.4 Å². The molecule has 0 fully saturated rings. The predicted octanol–water partition coefficient (Wildman–Crippen LogP) is 0.892. The number of nitrogens with zero attached hydrogens (tertiary/aromatic N) is 1. The van der Waals surface area contributed by atoms with Crippen molar-refractivity contribution < 1.29 is 14.3 Å². The smallest absolute Gasteiger partial charge is 0.254 e. The SMILES string of the molecule is COc1ccc2c(c1)CCN(CC=O)C2=O. The van der Waals surface area contributed by atoms with Crippen molar-refractivity contribution in [3.05, 3.63) is 29.3 Å². The number of carbonyl (C=O) groups excluding carboxylic acids is 2. The Bertz CT molecular complexity index is 428. The maximum absolute atomic E-state index is 11.9. The topological polar surface area (TPSA) is 46.6 Å². The Morgan fingerprint density at radius 3 is 3.00 bits per heavy atom. The van der Waals surface area contributed by atoms with Crippen molar-refractivity contribution in [2.75, 3.05) is 20.2 Å². The van der Waals surface area contributed by atoms with Crippen LogP contribution in [0.2, 0.25) is 0 Å². The minimum Gasteiger partial charge on any atom is -0.497 e. The Morgan fingerprint density at radius 1 is 1.50 bits per heavy atom. The first-order chi connectivity index (χ1) is 7.76. The number of hydrogen-bond acceptors (Lipinski definition) is 3. The maximum Gasteiger partial charge on any atom is 0.254 e. The van der Waals surface area contributed by atoms with Crippen LogP contribution in [0.5, 0.6) is 5.75 Å². The van der Waals surface area contributed by atoms with E-state index in [1.165, 1.54) is 0 Å². The van der Waals surface area contributed by atoms with Crippen LogP contribution in [0.15, 0.2) is 18.2 Å². The number of hydrogen-bond donors (Lipinski definition) is 0. The Balaban J connectivity index is 2.31. The molecule has 1 aliphatic heterocycles. The van der Waals surface area contributed by atoms with Gasteiger partial charge in [-0.2, -0.15) is 0 Å². The largest absolute Gasteiger partial charge is 0.497 e. The summed E-state index contributed by atoms with van der Waals surface area (Å²) in [5.41, 5.74) is 1.67. The molecule has 1 aromatic carbocycles. The van der Waals surface area contributed by atoms with Crippen molar-refractivity contribution in [1.82, 2.24) is 4.90 Å². The molecule has 4 nitrogen and oxygen atoms in total. The summed E-state index contributed by atoms with van der Waals surface area (Å²) in [5.74, 6) is 0.686. The summed E-state index contributed by atoms with van der Waals surface area (Å²) in [7, 11) is 1.60. The molecule has 4 heteroatoms. The van der Waals surface area contributed by atoms with Gasteiger partial charge in [0.05, 0.1) is 13.7 Å². The van der Waals surface area contributed by atoms with Crippen LogP contribution in [0.3, 0.4) is 0 Å². The van der Waals surface area contributed by atoms with E-state index < -0.39 is 0 Å². The standard InChI is InChI=1S/C12H13NO3/c1-16-10-2-3-11-9(8-10)4-5-13(6-7-14)12(11)15/h2-3,7-8H,4-6H2,1H3. The molecule has 0 atom stereocenters. The summed E-state index contributed by atoms with van der Waals surface area (Å²) in [6.45, 7) is 0.766. The van der Waals surface area contributed by atoms with Crippen molar-refractivity contribution >= 4 is 12.2 Å². The maximum atomic E-state index is 11.9. The van der Waals surface area contributed by atoms with Crippen LogP contribution in [0.4, 0.5) is 0 Å². The molecule has 1 amide bonds. The third kappa shape index (κ3) is 1.78. The van der Waals surface area contributed by atoms with Crippen LogP contribution in [0, 0.1) is 0 Å². The highest BCUT2D eigenvalue weighted by molar-refractivity contribution is 5.97. The molecule has 0 aromatic heterocycles. The minimum absolute atomic E-state index is 0.0731. The molecule has 0 aliphatic carbocycles. The number of carbonyl (C=O) groups is 2. The summed E-state index contributed by atoms with van der Waals surface area (Å²) in [6, 6.07) is 5.40. The van der Waals surface area contributed by atoms with Gasteiger partial charge >= 0.3 is 0 Å². The number of amides is 1. The van der Waals surface area contributed by atoms with E-state index in [9.17, 15) is 9.59 Å². The lowest BCUT2D eigenvalue weighted by atomic mass is 9.99. The first kappa shape index (κ1) is 10.7. The lowest BCUT2D eigenvalue weighted by molar-refractivity contribution is -0.108. The van der Waals surface area contributed by atoms with E-state index in [4.69, 9.17) is 4.74 Å². The summed E-state index contributed by atoms with van der Waals surface area (Å²) >= 11 is 0. The number of methoxy groups -OCH3 is 1. The quantitative estimate of drug-likeness (QED) is 0.709. The van der Waals surface area contributed by atoms with Crippen molar-refractivity contribution in [3.8, 4) is 5.75 Å². The summed E-state index contributed by atoms with van der Waals surface area (Å²) in [6.07, 6.45) is 1.53. The minimum atomic E-state index is -0.0731. The second-order valence-electron chi connectivity index (χ2n) is 3.69. The molecule has 0 radical (unpaired) electrons. The van der Waals surface area contributed by atoms with Gasteiger partial charge in [0, 0.05) is 12.1 Å². The van der Waals surface area contributed by atoms with Gasteiger partial charge in [-0.1, -0.05) is 0 Å². The van der Waals surface area contributed by atoms with E-state index >= 15 is 0 Å². The number of fused-ring (bicyclic) bond motifs is 1. The summed E-state index contributed by atoms with van der Waals surface area (Å²) in [4.78, 5) is 23.9. The van der Waals surface area contributed by atoms with Crippen molar-refractivity contribution in [3.63, 3.8) is 0 Å². The molecule has 1 aliphatic rings. The molecule has 0 unspecified atom stereocenters. The van der Waals surface area contributed by atoms with Crippen LogP contribution in [0.25, 0.3) is 0 Å². The molecule has 16 heavy (non-hydrogen) atoms. The van der Waals surface area contributed by atoms with E-state index in [1.54, 1.807) is 24.1 Å². The Labute approximate surface area is 93.8 Å². The van der Waals surface area contributed by atoms with Crippen LogP contribution < -0.4 is 4.74 Å². The van der Waals surface area contributed by atoms with E-state index in [-0.39, 0.29) is 12.5 Å². The monoisotopic (exact) mass is 219 g/mol. The molecular weight excluding hydrogens is 206 g/mol. The number of rotatable bonds is 3. The zero-order valence-electron chi connectivity index (χ0n) is 9.10. The average Bonchev–Trinajstić information content (AvgIpc) is 2.32. The fourth-order valence-electron chi connectivity index (χ4n) is 1.90. The van der Waals surface area contributed by atoms with Gasteiger partial charge in [0.2, 0.25) is 0 Å². The van der Waals surface area contributed by atoms with E-state index in [2.05, 4.69) is 0 Å². The number of ether oxygens (including phenoxy) is 1. The molecule has 0 saturated heterocycles. The van der Waals surface area contributed by atoms with Gasteiger partial charge in [0.1, 0.15) is 12.0 Å². The average molecular weight is 219 g/mol. The van der Waals surface area contributed by atoms with Gasteiger partial charge in [-0.15, -0.1) is 0 Å². The Kier molecular flexibility index (Phi) is 2.90. The second kappa shape index (κ2) is 4.35.